The first-order valence-corrected chi connectivity index (χ1v) is 7.66. The molecule has 0 atom stereocenters. The molecule has 2 aromatic rings. The molecule has 0 radical (unpaired) electrons. The predicted molar refractivity (Wildman–Crippen MR) is 82.0 cm³/mol. The van der Waals surface area contributed by atoms with Gasteiger partial charge in [-0.25, -0.2) is 0 Å². The van der Waals surface area contributed by atoms with Crippen molar-refractivity contribution in [2.75, 3.05) is 12.3 Å². The van der Waals surface area contributed by atoms with E-state index in [2.05, 4.69) is 30.1 Å². The molecule has 2 N–H and O–H groups in total. The standard InChI is InChI=1S/C14H20N4OS/c1-4-19-12-8-6-5-7-11(12)9-20-14-17-16-13(15)18(14)10(2)3/h5-8,10H,4,9H2,1-3H3,(H2,15,16). The van der Waals surface area contributed by atoms with Crippen LogP contribution in [-0.4, -0.2) is 21.4 Å². The summed E-state index contributed by atoms with van der Waals surface area (Å²) in [6.07, 6.45) is 0. The molecule has 0 spiro atoms. The van der Waals surface area contributed by atoms with Gasteiger partial charge in [-0.3, -0.25) is 4.57 Å². The van der Waals surface area contributed by atoms with Gasteiger partial charge in [0, 0.05) is 17.4 Å². The molecule has 0 bridgehead atoms. The number of nitrogens with two attached hydrogens (primary N) is 1. The SMILES string of the molecule is CCOc1ccccc1CSc1nnc(N)n1C(C)C. The summed E-state index contributed by atoms with van der Waals surface area (Å²) >= 11 is 1.62. The summed E-state index contributed by atoms with van der Waals surface area (Å²) in [6.45, 7) is 6.78. The number of nitrogens with zero attached hydrogens (tertiary/aromatic N) is 3. The van der Waals surface area contributed by atoms with E-state index < -0.39 is 0 Å². The van der Waals surface area contributed by atoms with E-state index in [1.807, 2.05) is 29.7 Å². The second-order valence-electron chi connectivity index (χ2n) is 4.63. The van der Waals surface area contributed by atoms with Gasteiger partial charge < -0.3 is 10.5 Å². The lowest BCUT2D eigenvalue weighted by Crippen LogP contribution is -2.07. The van der Waals surface area contributed by atoms with E-state index >= 15 is 0 Å². The van der Waals surface area contributed by atoms with Crippen LogP contribution in [0.4, 0.5) is 5.95 Å². The van der Waals surface area contributed by atoms with Crippen molar-refractivity contribution in [1.82, 2.24) is 14.8 Å². The van der Waals surface area contributed by atoms with Gasteiger partial charge in [0.25, 0.3) is 0 Å². The van der Waals surface area contributed by atoms with Gasteiger partial charge in [-0.05, 0) is 26.8 Å². The topological polar surface area (TPSA) is 66.0 Å². The fraction of sp³-hybridized carbons (Fsp3) is 0.429. The highest BCUT2D eigenvalue weighted by Crippen LogP contribution is 2.29. The van der Waals surface area contributed by atoms with Crippen LogP contribution < -0.4 is 10.5 Å². The summed E-state index contributed by atoms with van der Waals surface area (Å²) in [6, 6.07) is 8.29. The average Bonchev–Trinajstić information content (AvgIpc) is 2.79. The van der Waals surface area contributed by atoms with Crippen LogP contribution in [0, 0.1) is 0 Å². The molecular weight excluding hydrogens is 272 g/mol. The quantitative estimate of drug-likeness (QED) is 0.829. The molecule has 20 heavy (non-hydrogen) atoms. The maximum atomic E-state index is 5.84. The fourth-order valence-corrected chi connectivity index (χ4v) is 3.00. The molecule has 5 nitrogen and oxygen atoms in total. The molecule has 1 aromatic carbocycles. The third-order valence-corrected chi connectivity index (χ3v) is 3.83. The van der Waals surface area contributed by atoms with Gasteiger partial charge in [0.1, 0.15) is 5.75 Å². The molecule has 2 rings (SSSR count). The van der Waals surface area contributed by atoms with Crippen LogP contribution >= 0.6 is 11.8 Å². The number of anilines is 1. The van der Waals surface area contributed by atoms with Crippen LogP contribution in [-0.2, 0) is 5.75 Å². The van der Waals surface area contributed by atoms with Crippen LogP contribution in [0.3, 0.4) is 0 Å². The first kappa shape index (κ1) is 14.7. The van der Waals surface area contributed by atoms with E-state index in [1.165, 1.54) is 0 Å². The van der Waals surface area contributed by atoms with Crippen LogP contribution in [0.15, 0.2) is 29.4 Å². The monoisotopic (exact) mass is 292 g/mol. The van der Waals surface area contributed by atoms with Gasteiger partial charge in [-0.1, -0.05) is 30.0 Å². The lowest BCUT2D eigenvalue weighted by atomic mass is 10.2. The Kier molecular flexibility index (Phi) is 4.89. The lowest BCUT2D eigenvalue weighted by molar-refractivity contribution is 0.337. The molecular formula is C14H20N4OS. The Morgan fingerprint density at radius 3 is 2.75 bits per heavy atom. The molecule has 0 saturated heterocycles. The molecule has 1 heterocycles. The van der Waals surface area contributed by atoms with Gasteiger partial charge in [0.15, 0.2) is 5.16 Å². The summed E-state index contributed by atoms with van der Waals surface area (Å²) in [7, 11) is 0. The van der Waals surface area contributed by atoms with Crippen molar-refractivity contribution in [1.29, 1.82) is 0 Å². The summed E-state index contributed by atoms with van der Waals surface area (Å²) < 4.78 is 7.57. The summed E-state index contributed by atoms with van der Waals surface area (Å²) in [5.74, 6) is 2.16. The first-order chi connectivity index (χ1) is 9.63. The van der Waals surface area contributed by atoms with Crippen molar-refractivity contribution in [2.24, 2.45) is 0 Å². The second-order valence-corrected chi connectivity index (χ2v) is 5.58. The number of hydrogen-bond donors (Lipinski definition) is 1. The molecule has 0 aliphatic carbocycles. The molecule has 0 fully saturated rings. The molecule has 108 valence electrons. The molecule has 0 aliphatic rings. The zero-order chi connectivity index (χ0) is 14.5. The zero-order valence-corrected chi connectivity index (χ0v) is 12.9. The Bertz CT molecular complexity index is 568. The number of rotatable bonds is 6. The van der Waals surface area contributed by atoms with E-state index in [-0.39, 0.29) is 6.04 Å². The third kappa shape index (κ3) is 3.25. The van der Waals surface area contributed by atoms with Gasteiger partial charge in [-0.15, -0.1) is 10.2 Å². The smallest absolute Gasteiger partial charge is 0.222 e. The van der Waals surface area contributed by atoms with Crippen molar-refractivity contribution in [2.45, 2.75) is 37.7 Å². The largest absolute Gasteiger partial charge is 0.494 e. The maximum absolute atomic E-state index is 5.84. The maximum Gasteiger partial charge on any atom is 0.222 e. The van der Waals surface area contributed by atoms with Crippen LogP contribution in [0.1, 0.15) is 32.4 Å². The Hall–Kier alpha value is -1.69. The van der Waals surface area contributed by atoms with E-state index in [0.29, 0.717) is 12.6 Å². The highest BCUT2D eigenvalue weighted by Gasteiger charge is 2.13. The number of nitrogen functional groups attached to an aromatic ring is 1. The zero-order valence-electron chi connectivity index (χ0n) is 12.0. The minimum Gasteiger partial charge on any atom is -0.494 e. The Balaban J connectivity index is 2.13. The van der Waals surface area contributed by atoms with Crippen molar-refractivity contribution in [3.05, 3.63) is 29.8 Å². The van der Waals surface area contributed by atoms with Crippen LogP contribution in [0.2, 0.25) is 0 Å². The van der Waals surface area contributed by atoms with E-state index in [0.717, 1.165) is 22.2 Å². The summed E-state index contributed by atoms with van der Waals surface area (Å²) in [4.78, 5) is 0. The minimum atomic E-state index is 0.245. The van der Waals surface area contributed by atoms with Gasteiger partial charge in [0.2, 0.25) is 5.95 Å². The molecule has 0 aliphatic heterocycles. The number of hydrogen-bond acceptors (Lipinski definition) is 5. The molecule has 0 saturated carbocycles. The van der Waals surface area contributed by atoms with E-state index in [1.54, 1.807) is 11.8 Å². The Morgan fingerprint density at radius 1 is 1.30 bits per heavy atom. The van der Waals surface area contributed by atoms with E-state index in [4.69, 9.17) is 10.5 Å². The van der Waals surface area contributed by atoms with Crippen LogP contribution in [0.25, 0.3) is 0 Å². The van der Waals surface area contributed by atoms with E-state index in [9.17, 15) is 0 Å². The molecule has 6 heteroatoms. The molecule has 0 unspecified atom stereocenters. The lowest BCUT2D eigenvalue weighted by Gasteiger charge is -2.12. The Labute approximate surface area is 123 Å². The fourth-order valence-electron chi connectivity index (χ4n) is 1.93. The predicted octanol–water partition coefficient (Wildman–Crippen LogP) is 3.13. The van der Waals surface area contributed by atoms with Crippen LogP contribution in [0.5, 0.6) is 5.75 Å². The third-order valence-electron chi connectivity index (χ3n) is 2.84. The summed E-state index contributed by atoms with van der Waals surface area (Å²) in [5, 5.41) is 8.92. The number of thioether (sulfide) groups is 1. The highest BCUT2D eigenvalue weighted by atomic mass is 32.2. The number of aromatic nitrogens is 3. The van der Waals surface area contributed by atoms with Crippen molar-refractivity contribution in [3.8, 4) is 5.75 Å². The average molecular weight is 292 g/mol. The molecule has 1 aromatic heterocycles. The normalized spacial score (nSPS) is 11.0. The van der Waals surface area contributed by atoms with Gasteiger partial charge in [-0.2, -0.15) is 0 Å². The number of para-hydroxylation sites is 1. The Morgan fingerprint density at radius 2 is 2.05 bits per heavy atom. The van der Waals surface area contributed by atoms with Crippen molar-refractivity contribution >= 4 is 17.7 Å². The van der Waals surface area contributed by atoms with Gasteiger partial charge in [0.05, 0.1) is 6.61 Å². The highest BCUT2D eigenvalue weighted by molar-refractivity contribution is 7.98. The number of ether oxygens (including phenoxy) is 1. The van der Waals surface area contributed by atoms with Gasteiger partial charge >= 0.3 is 0 Å². The second kappa shape index (κ2) is 6.65. The van der Waals surface area contributed by atoms with Crippen molar-refractivity contribution < 1.29 is 4.74 Å². The minimum absolute atomic E-state index is 0.245. The summed E-state index contributed by atoms with van der Waals surface area (Å²) in [5.41, 5.74) is 6.99. The number of benzene rings is 1. The first-order valence-electron chi connectivity index (χ1n) is 6.67. The van der Waals surface area contributed by atoms with Crippen molar-refractivity contribution in [3.63, 3.8) is 0 Å². The molecule has 0 amide bonds.